The van der Waals surface area contributed by atoms with Gasteiger partial charge < -0.3 is 15.1 Å². The number of hydrogen-bond acceptors (Lipinski definition) is 7. The standard InChI is InChI=1S/C27H34N8/c1-20-8-9-22(18-34-13-11-32(3)12-14-34)15-24(20)35-10-6-5-7-25(35)30-27-28-16-21(2)26(31-27)23-17-29-33(4)19-23/h5-9,15-17,19H,10-14,18H2,1-4H3,(H,28,30,31). The summed E-state index contributed by atoms with van der Waals surface area (Å²) in [5.41, 5.74) is 6.69. The van der Waals surface area contributed by atoms with Gasteiger partial charge in [-0.25, -0.2) is 9.97 Å². The van der Waals surface area contributed by atoms with Crippen LogP contribution >= 0.6 is 0 Å². The van der Waals surface area contributed by atoms with Crippen LogP contribution in [0.5, 0.6) is 0 Å². The molecule has 0 amide bonds. The van der Waals surface area contributed by atoms with Crippen molar-refractivity contribution in [1.82, 2.24) is 29.5 Å². The van der Waals surface area contributed by atoms with E-state index in [-0.39, 0.29) is 0 Å². The zero-order valence-electron chi connectivity index (χ0n) is 21.1. The monoisotopic (exact) mass is 470 g/mol. The molecule has 1 aromatic carbocycles. The molecule has 0 spiro atoms. The van der Waals surface area contributed by atoms with Crippen LogP contribution in [0.4, 0.5) is 11.6 Å². The van der Waals surface area contributed by atoms with Gasteiger partial charge in [-0.3, -0.25) is 9.58 Å². The summed E-state index contributed by atoms with van der Waals surface area (Å²) in [6, 6.07) is 6.83. The van der Waals surface area contributed by atoms with Crippen LogP contribution in [0.15, 0.2) is 60.8 Å². The molecule has 0 aliphatic carbocycles. The first-order valence-electron chi connectivity index (χ1n) is 12.2. The molecular weight excluding hydrogens is 436 g/mol. The van der Waals surface area contributed by atoms with Crippen LogP contribution < -0.4 is 10.2 Å². The SMILES string of the molecule is Cc1ccc(CN2CCN(C)CC2)cc1N1CC=CC=C1Nc1ncc(C)c(-c2cnn(C)c2)n1. The molecule has 0 saturated carbocycles. The van der Waals surface area contributed by atoms with Crippen molar-refractivity contribution in [3.63, 3.8) is 0 Å². The minimum Gasteiger partial charge on any atom is -0.324 e. The van der Waals surface area contributed by atoms with Gasteiger partial charge in [-0.2, -0.15) is 5.10 Å². The fraction of sp³-hybridized carbons (Fsp3) is 0.370. The van der Waals surface area contributed by atoms with Gasteiger partial charge in [0.15, 0.2) is 0 Å². The molecule has 2 aliphatic rings. The van der Waals surface area contributed by atoms with Gasteiger partial charge in [-0.15, -0.1) is 0 Å². The average Bonchev–Trinajstić information content (AvgIpc) is 3.29. The molecule has 4 heterocycles. The van der Waals surface area contributed by atoms with Gasteiger partial charge in [0.25, 0.3) is 0 Å². The summed E-state index contributed by atoms with van der Waals surface area (Å²) in [6.07, 6.45) is 12.0. The molecule has 182 valence electrons. The summed E-state index contributed by atoms with van der Waals surface area (Å²) >= 11 is 0. The summed E-state index contributed by atoms with van der Waals surface area (Å²) in [4.78, 5) is 16.6. The van der Waals surface area contributed by atoms with E-state index in [4.69, 9.17) is 4.98 Å². The normalized spacial score (nSPS) is 17.0. The topological polar surface area (TPSA) is 65.3 Å². The molecular formula is C27H34N8. The van der Waals surface area contributed by atoms with Crippen molar-refractivity contribution < 1.29 is 0 Å². The number of hydrogen-bond donors (Lipinski definition) is 1. The number of nitrogens with one attached hydrogen (secondary N) is 1. The third kappa shape index (κ3) is 5.28. The summed E-state index contributed by atoms with van der Waals surface area (Å²) < 4.78 is 1.79. The first-order chi connectivity index (χ1) is 17.0. The average molecular weight is 471 g/mol. The fourth-order valence-corrected chi connectivity index (χ4v) is 4.61. The molecule has 8 nitrogen and oxygen atoms in total. The number of likely N-dealkylation sites (N-methyl/N-ethyl adjacent to an activating group) is 1. The molecule has 35 heavy (non-hydrogen) atoms. The highest BCUT2D eigenvalue weighted by molar-refractivity contribution is 5.65. The van der Waals surface area contributed by atoms with E-state index in [0.717, 1.165) is 61.9 Å². The molecule has 0 radical (unpaired) electrons. The maximum absolute atomic E-state index is 4.82. The molecule has 2 aromatic heterocycles. The highest BCUT2D eigenvalue weighted by Crippen LogP contribution is 2.28. The molecule has 5 rings (SSSR count). The van der Waals surface area contributed by atoms with Crippen LogP contribution in [0.2, 0.25) is 0 Å². The predicted molar refractivity (Wildman–Crippen MR) is 141 cm³/mol. The summed E-state index contributed by atoms with van der Waals surface area (Å²) in [7, 11) is 4.11. The second-order valence-electron chi connectivity index (χ2n) is 9.54. The fourth-order valence-electron chi connectivity index (χ4n) is 4.61. The van der Waals surface area contributed by atoms with E-state index in [1.165, 1.54) is 16.8 Å². The molecule has 1 saturated heterocycles. The van der Waals surface area contributed by atoms with Crippen molar-refractivity contribution in [2.75, 3.05) is 50.0 Å². The van der Waals surface area contributed by atoms with E-state index >= 15 is 0 Å². The molecule has 3 aromatic rings. The summed E-state index contributed by atoms with van der Waals surface area (Å²) in [5, 5.41) is 7.77. The van der Waals surface area contributed by atoms with Crippen molar-refractivity contribution in [3.8, 4) is 11.3 Å². The largest absolute Gasteiger partial charge is 0.324 e. The first-order valence-corrected chi connectivity index (χ1v) is 12.2. The second-order valence-corrected chi connectivity index (χ2v) is 9.54. The maximum Gasteiger partial charge on any atom is 0.228 e. The lowest BCUT2D eigenvalue weighted by Crippen LogP contribution is -2.43. The molecule has 8 heteroatoms. The number of aryl methyl sites for hydroxylation is 3. The number of piperazine rings is 1. The van der Waals surface area contributed by atoms with Crippen LogP contribution in [0.25, 0.3) is 11.3 Å². The Kier molecular flexibility index (Phi) is 6.66. The number of allylic oxidation sites excluding steroid dienone is 2. The zero-order chi connectivity index (χ0) is 24.4. The van der Waals surface area contributed by atoms with Crippen molar-refractivity contribution in [3.05, 3.63) is 77.5 Å². The van der Waals surface area contributed by atoms with Gasteiger partial charge in [0.05, 0.1) is 11.9 Å². The van der Waals surface area contributed by atoms with Crippen LogP contribution in [-0.2, 0) is 13.6 Å². The molecule has 2 aliphatic heterocycles. The van der Waals surface area contributed by atoms with Crippen molar-refractivity contribution in [1.29, 1.82) is 0 Å². The molecule has 1 N–H and O–H groups in total. The van der Waals surface area contributed by atoms with Gasteiger partial charge in [0.2, 0.25) is 5.95 Å². The van der Waals surface area contributed by atoms with Crippen LogP contribution in [0.1, 0.15) is 16.7 Å². The van der Waals surface area contributed by atoms with Gasteiger partial charge in [0, 0.05) is 70.0 Å². The zero-order valence-corrected chi connectivity index (χ0v) is 21.1. The lowest BCUT2D eigenvalue weighted by atomic mass is 10.1. The minimum atomic E-state index is 0.576. The Labute approximate surface area is 207 Å². The number of aromatic nitrogens is 4. The van der Waals surface area contributed by atoms with E-state index in [0.29, 0.717) is 5.95 Å². The van der Waals surface area contributed by atoms with Crippen LogP contribution in [0.3, 0.4) is 0 Å². The quantitative estimate of drug-likeness (QED) is 0.591. The van der Waals surface area contributed by atoms with Crippen molar-refractivity contribution in [2.24, 2.45) is 7.05 Å². The van der Waals surface area contributed by atoms with Gasteiger partial charge in [-0.1, -0.05) is 24.3 Å². The lowest BCUT2D eigenvalue weighted by molar-refractivity contribution is 0.148. The third-order valence-electron chi connectivity index (χ3n) is 6.73. The Morgan fingerprint density at radius 2 is 1.83 bits per heavy atom. The summed E-state index contributed by atoms with van der Waals surface area (Å²) in [5.74, 6) is 1.54. The Morgan fingerprint density at radius 3 is 2.60 bits per heavy atom. The molecule has 0 bridgehead atoms. The predicted octanol–water partition coefficient (Wildman–Crippen LogP) is 3.57. The van der Waals surface area contributed by atoms with Gasteiger partial charge in [-0.05, 0) is 49.7 Å². The Balaban J connectivity index is 1.38. The minimum absolute atomic E-state index is 0.576. The third-order valence-corrected chi connectivity index (χ3v) is 6.73. The smallest absolute Gasteiger partial charge is 0.228 e. The van der Waals surface area contributed by atoms with E-state index < -0.39 is 0 Å². The Bertz CT molecular complexity index is 1250. The van der Waals surface area contributed by atoms with Crippen molar-refractivity contribution >= 4 is 11.6 Å². The summed E-state index contributed by atoms with van der Waals surface area (Å²) in [6.45, 7) is 10.5. The number of benzene rings is 1. The van der Waals surface area contributed by atoms with E-state index in [1.807, 2.05) is 32.6 Å². The molecule has 0 atom stereocenters. The van der Waals surface area contributed by atoms with E-state index in [1.54, 1.807) is 4.68 Å². The second kappa shape index (κ2) is 10.0. The number of nitrogens with zero attached hydrogens (tertiary/aromatic N) is 7. The Morgan fingerprint density at radius 1 is 1.00 bits per heavy atom. The van der Waals surface area contributed by atoms with Gasteiger partial charge >= 0.3 is 0 Å². The lowest BCUT2D eigenvalue weighted by Gasteiger charge is -2.33. The Hall–Kier alpha value is -3.49. The van der Waals surface area contributed by atoms with Crippen LogP contribution in [-0.4, -0.2) is 69.3 Å². The van der Waals surface area contributed by atoms with E-state index in [2.05, 4.69) is 80.5 Å². The number of rotatable bonds is 6. The highest BCUT2D eigenvalue weighted by atomic mass is 15.3. The first kappa shape index (κ1) is 23.3. The number of anilines is 2. The van der Waals surface area contributed by atoms with Gasteiger partial charge in [0.1, 0.15) is 5.82 Å². The maximum atomic E-state index is 4.82. The van der Waals surface area contributed by atoms with Crippen LogP contribution in [0, 0.1) is 13.8 Å². The van der Waals surface area contributed by atoms with Crippen molar-refractivity contribution in [2.45, 2.75) is 20.4 Å². The highest BCUT2D eigenvalue weighted by Gasteiger charge is 2.19. The van der Waals surface area contributed by atoms with E-state index in [9.17, 15) is 0 Å². The molecule has 0 unspecified atom stereocenters. The molecule has 1 fully saturated rings.